The molecule has 1 aliphatic carbocycles. The largest absolute Gasteiger partial charge is 0.358 e. The summed E-state index contributed by atoms with van der Waals surface area (Å²) in [5, 5.41) is 1.25. The Hall–Kier alpha value is -1.81. The number of rotatable bonds is 4. The highest BCUT2D eigenvalue weighted by Crippen LogP contribution is 2.29. The maximum atomic E-state index is 12.8. The van der Waals surface area contributed by atoms with Crippen molar-refractivity contribution >= 4 is 16.8 Å². The lowest BCUT2D eigenvalue weighted by Gasteiger charge is -2.28. The van der Waals surface area contributed by atoms with Crippen LogP contribution in [-0.2, 0) is 12.8 Å². The minimum atomic E-state index is 0.143. The number of hydrogen-bond donors (Lipinski definition) is 1. The van der Waals surface area contributed by atoms with Crippen LogP contribution in [0.1, 0.15) is 53.7 Å². The van der Waals surface area contributed by atoms with Gasteiger partial charge in [0.25, 0.3) is 5.91 Å². The van der Waals surface area contributed by atoms with Crippen molar-refractivity contribution < 1.29 is 4.79 Å². The molecule has 0 radical (unpaired) electrons. The van der Waals surface area contributed by atoms with Crippen LogP contribution in [0.3, 0.4) is 0 Å². The molecule has 2 heterocycles. The zero-order valence-corrected chi connectivity index (χ0v) is 15.3. The maximum absolute atomic E-state index is 12.8. The molecule has 1 amide bonds. The van der Waals surface area contributed by atoms with Crippen molar-refractivity contribution in [3.63, 3.8) is 0 Å². The number of piperidine rings is 1. The number of benzene rings is 1. The highest BCUT2D eigenvalue weighted by atomic mass is 16.2. The van der Waals surface area contributed by atoms with Crippen molar-refractivity contribution in [1.82, 2.24) is 14.8 Å². The number of carbonyl (C=O) groups is 1. The van der Waals surface area contributed by atoms with E-state index in [9.17, 15) is 4.79 Å². The SMILES string of the molecule is CN(CCN1CCCCC1)C(=O)c1ccc2[nH]c3c(c2c1)CCCC3. The van der Waals surface area contributed by atoms with E-state index in [-0.39, 0.29) is 5.91 Å². The van der Waals surface area contributed by atoms with Gasteiger partial charge in [-0.15, -0.1) is 0 Å². The molecule has 0 unspecified atom stereocenters. The second-order valence-corrected chi connectivity index (χ2v) is 7.68. The molecule has 1 aromatic heterocycles. The van der Waals surface area contributed by atoms with Crippen LogP contribution >= 0.6 is 0 Å². The van der Waals surface area contributed by atoms with E-state index < -0.39 is 0 Å². The van der Waals surface area contributed by atoms with Gasteiger partial charge in [0.05, 0.1) is 0 Å². The van der Waals surface area contributed by atoms with E-state index in [0.717, 1.165) is 31.5 Å². The Balaban J connectivity index is 1.47. The highest BCUT2D eigenvalue weighted by molar-refractivity contribution is 5.99. The number of nitrogens with one attached hydrogen (secondary N) is 1. The molecule has 4 nitrogen and oxygen atoms in total. The molecule has 25 heavy (non-hydrogen) atoms. The minimum absolute atomic E-state index is 0.143. The van der Waals surface area contributed by atoms with Gasteiger partial charge in [-0.3, -0.25) is 4.79 Å². The lowest BCUT2D eigenvalue weighted by atomic mass is 9.95. The quantitative estimate of drug-likeness (QED) is 0.924. The molecule has 0 saturated carbocycles. The summed E-state index contributed by atoms with van der Waals surface area (Å²) in [4.78, 5) is 20.8. The monoisotopic (exact) mass is 339 g/mol. The summed E-state index contributed by atoms with van der Waals surface area (Å²) in [7, 11) is 1.93. The number of fused-ring (bicyclic) bond motifs is 3. The van der Waals surface area contributed by atoms with Crippen LogP contribution < -0.4 is 0 Å². The molecule has 0 atom stereocenters. The molecule has 4 rings (SSSR count). The molecular formula is C21H29N3O. The first-order valence-corrected chi connectivity index (χ1v) is 9.83. The van der Waals surface area contributed by atoms with Gasteiger partial charge in [-0.05, 0) is 75.4 Å². The van der Waals surface area contributed by atoms with Gasteiger partial charge in [0.15, 0.2) is 0 Å². The van der Waals surface area contributed by atoms with Crippen molar-refractivity contribution in [1.29, 1.82) is 0 Å². The fraction of sp³-hybridized carbons (Fsp3) is 0.571. The van der Waals surface area contributed by atoms with Crippen LogP contribution in [0.4, 0.5) is 0 Å². The summed E-state index contributed by atoms with van der Waals surface area (Å²) >= 11 is 0. The second-order valence-electron chi connectivity index (χ2n) is 7.68. The smallest absolute Gasteiger partial charge is 0.253 e. The van der Waals surface area contributed by atoms with Gasteiger partial charge < -0.3 is 14.8 Å². The Labute approximate surface area is 150 Å². The van der Waals surface area contributed by atoms with E-state index >= 15 is 0 Å². The van der Waals surface area contributed by atoms with Crippen LogP contribution in [0.5, 0.6) is 0 Å². The Morgan fingerprint density at radius 1 is 1.12 bits per heavy atom. The number of nitrogens with zero attached hydrogens (tertiary/aromatic N) is 2. The summed E-state index contributed by atoms with van der Waals surface area (Å²) in [6, 6.07) is 6.17. The molecule has 1 fully saturated rings. The zero-order chi connectivity index (χ0) is 17.2. The number of amides is 1. The second kappa shape index (κ2) is 7.20. The molecule has 1 aromatic carbocycles. The van der Waals surface area contributed by atoms with Crippen molar-refractivity contribution in [3.8, 4) is 0 Å². The first-order valence-electron chi connectivity index (χ1n) is 9.83. The summed E-state index contributed by atoms with van der Waals surface area (Å²) in [6.45, 7) is 4.17. The molecule has 1 N–H and O–H groups in total. The van der Waals surface area contributed by atoms with E-state index in [0.29, 0.717) is 0 Å². The van der Waals surface area contributed by atoms with Gasteiger partial charge in [-0.25, -0.2) is 0 Å². The van der Waals surface area contributed by atoms with E-state index in [2.05, 4.69) is 22.0 Å². The van der Waals surface area contributed by atoms with Crippen molar-refractivity contribution in [2.45, 2.75) is 44.9 Å². The number of likely N-dealkylation sites (N-methyl/N-ethyl adjacent to an activating group) is 1. The Morgan fingerprint density at radius 2 is 1.92 bits per heavy atom. The van der Waals surface area contributed by atoms with Crippen LogP contribution in [-0.4, -0.2) is 53.9 Å². The molecule has 0 bridgehead atoms. The van der Waals surface area contributed by atoms with Crippen molar-refractivity contribution in [2.24, 2.45) is 0 Å². The van der Waals surface area contributed by atoms with Crippen molar-refractivity contribution in [3.05, 3.63) is 35.0 Å². The van der Waals surface area contributed by atoms with Crippen LogP contribution in [0.25, 0.3) is 10.9 Å². The predicted octanol–water partition coefficient (Wildman–Crippen LogP) is 3.60. The third kappa shape index (κ3) is 3.45. The van der Waals surface area contributed by atoms with Crippen LogP contribution in [0, 0.1) is 0 Å². The third-order valence-electron chi connectivity index (χ3n) is 5.89. The molecule has 1 aliphatic heterocycles. The predicted molar refractivity (Wildman–Crippen MR) is 102 cm³/mol. The van der Waals surface area contributed by atoms with Gasteiger partial charge in [-0.1, -0.05) is 6.42 Å². The van der Waals surface area contributed by atoms with Gasteiger partial charge in [0.1, 0.15) is 0 Å². The lowest BCUT2D eigenvalue weighted by molar-refractivity contribution is 0.0773. The lowest BCUT2D eigenvalue weighted by Crippen LogP contribution is -2.38. The molecule has 4 heteroatoms. The number of H-pyrrole nitrogens is 1. The van der Waals surface area contributed by atoms with Crippen molar-refractivity contribution in [2.75, 3.05) is 33.2 Å². The van der Waals surface area contributed by atoms with Gasteiger partial charge in [0, 0.05) is 42.3 Å². The number of aryl methyl sites for hydroxylation is 2. The van der Waals surface area contributed by atoms with Crippen LogP contribution in [0.2, 0.25) is 0 Å². The first-order chi connectivity index (χ1) is 12.2. The Kier molecular flexibility index (Phi) is 4.80. The fourth-order valence-corrected chi connectivity index (χ4v) is 4.34. The molecule has 1 saturated heterocycles. The van der Waals surface area contributed by atoms with E-state index in [4.69, 9.17) is 0 Å². The van der Waals surface area contributed by atoms with Gasteiger partial charge >= 0.3 is 0 Å². The number of aromatic amines is 1. The molecule has 2 aromatic rings. The number of likely N-dealkylation sites (tertiary alicyclic amines) is 1. The molecule has 0 spiro atoms. The zero-order valence-electron chi connectivity index (χ0n) is 15.3. The third-order valence-corrected chi connectivity index (χ3v) is 5.89. The Morgan fingerprint density at radius 3 is 2.76 bits per heavy atom. The summed E-state index contributed by atoms with van der Waals surface area (Å²) in [5.41, 5.74) is 4.82. The molecular weight excluding hydrogens is 310 g/mol. The number of aromatic nitrogens is 1. The summed E-state index contributed by atoms with van der Waals surface area (Å²) in [6.07, 6.45) is 8.76. The number of hydrogen-bond acceptors (Lipinski definition) is 2. The first kappa shape index (κ1) is 16.6. The number of carbonyl (C=O) groups excluding carboxylic acids is 1. The fourth-order valence-electron chi connectivity index (χ4n) is 4.34. The van der Waals surface area contributed by atoms with Gasteiger partial charge in [-0.2, -0.15) is 0 Å². The van der Waals surface area contributed by atoms with Gasteiger partial charge in [0.2, 0.25) is 0 Å². The van der Waals surface area contributed by atoms with Crippen LogP contribution in [0.15, 0.2) is 18.2 Å². The molecule has 134 valence electrons. The Bertz CT molecular complexity index is 758. The average molecular weight is 339 g/mol. The normalized spacial score (nSPS) is 18.3. The van der Waals surface area contributed by atoms with E-state index in [1.54, 1.807) is 0 Å². The average Bonchev–Trinajstić information content (AvgIpc) is 3.04. The maximum Gasteiger partial charge on any atom is 0.253 e. The summed E-state index contributed by atoms with van der Waals surface area (Å²) < 4.78 is 0. The standard InChI is InChI=1S/C21H29N3O/c1-23(13-14-24-11-5-2-6-12-24)21(25)16-9-10-20-18(15-16)17-7-3-4-8-19(17)22-20/h9-10,15,22H,2-8,11-14H2,1H3. The summed E-state index contributed by atoms with van der Waals surface area (Å²) in [5.74, 6) is 0.143. The van der Waals surface area contributed by atoms with E-state index in [1.165, 1.54) is 67.4 Å². The molecule has 2 aliphatic rings. The topological polar surface area (TPSA) is 39.3 Å². The highest BCUT2D eigenvalue weighted by Gasteiger charge is 2.19. The van der Waals surface area contributed by atoms with E-state index in [1.807, 2.05) is 18.0 Å². The minimum Gasteiger partial charge on any atom is -0.358 e.